The van der Waals surface area contributed by atoms with Crippen LogP contribution in [-0.4, -0.2) is 39.0 Å². The minimum atomic E-state index is 0.513. The van der Waals surface area contributed by atoms with Crippen molar-refractivity contribution in [2.75, 3.05) is 23.9 Å². The number of nitrogens with one attached hydrogen (secondary N) is 2. The number of rotatable bonds is 4. The van der Waals surface area contributed by atoms with Gasteiger partial charge in [0.15, 0.2) is 11.5 Å². The maximum absolute atomic E-state index is 4.61. The fourth-order valence-corrected chi connectivity index (χ4v) is 3.53. The van der Waals surface area contributed by atoms with Crippen molar-refractivity contribution in [1.29, 1.82) is 0 Å². The van der Waals surface area contributed by atoms with Gasteiger partial charge in [0.2, 0.25) is 0 Å². The molecule has 6 heteroatoms. The van der Waals surface area contributed by atoms with E-state index in [1.807, 2.05) is 41.8 Å². The number of anilines is 2. The zero-order valence-corrected chi connectivity index (χ0v) is 12.8. The third kappa shape index (κ3) is 2.70. The second-order valence-corrected chi connectivity index (χ2v) is 6.37. The molecule has 2 aromatic heterocycles. The Morgan fingerprint density at radius 3 is 2.80 bits per heavy atom. The minimum absolute atomic E-state index is 0.513. The van der Waals surface area contributed by atoms with Crippen molar-refractivity contribution in [2.45, 2.75) is 37.0 Å². The van der Waals surface area contributed by atoms with E-state index in [1.54, 1.807) is 0 Å². The summed E-state index contributed by atoms with van der Waals surface area (Å²) < 4.78 is 2.01. The van der Waals surface area contributed by atoms with Crippen LogP contribution in [0.1, 0.15) is 25.7 Å². The molecular formula is C14H21N5S. The highest BCUT2D eigenvalue weighted by Crippen LogP contribution is 2.29. The van der Waals surface area contributed by atoms with Gasteiger partial charge < -0.3 is 15.0 Å². The molecule has 0 spiro atoms. The summed E-state index contributed by atoms with van der Waals surface area (Å²) in [6.07, 6.45) is 12.9. The van der Waals surface area contributed by atoms with Gasteiger partial charge in [-0.05, 0) is 31.9 Å². The number of hydrogen-bond acceptors (Lipinski definition) is 5. The second-order valence-electron chi connectivity index (χ2n) is 5.24. The fraction of sp³-hybridized carbons (Fsp3) is 0.571. The van der Waals surface area contributed by atoms with Crippen molar-refractivity contribution in [3.05, 3.63) is 18.6 Å². The van der Waals surface area contributed by atoms with Gasteiger partial charge in [0.05, 0.1) is 6.20 Å². The van der Waals surface area contributed by atoms with Gasteiger partial charge in [-0.3, -0.25) is 0 Å². The Kier molecular flexibility index (Phi) is 4.00. The third-order valence-corrected chi connectivity index (χ3v) is 5.12. The van der Waals surface area contributed by atoms with Gasteiger partial charge in [-0.25, -0.2) is 9.97 Å². The van der Waals surface area contributed by atoms with E-state index < -0.39 is 0 Å². The Morgan fingerprint density at radius 1 is 1.30 bits per heavy atom. The lowest BCUT2D eigenvalue weighted by Gasteiger charge is -2.28. The van der Waals surface area contributed by atoms with Crippen molar-refractivity contribution in [3.63, 3.8) is 0 Å². The van der Waals surface area contributed by atoms with Crippen molar-refractivity contribution in [1.82, 2.24) is 14.4 Å². The van der Waals surface area contributed by atoms with Crippen LogP contribution in [0.2, 0.25) is 0 Å². The first-order valence-electron chi connectivity index (χ1n) is 7.11. The Balaban J connectivity index is 1.78. The summed E-state index contributed by atoms with van der Waals surface area (Å²) in [6.45, 7) is 0. The molecule has 0 aliphatic heterocycles. The number of hydrogen-bond donors (Lipinski definition) is 2. The van der Waals surface area contributed by atoms with Crippen LogP contribution < -0.4 is 10.6 Å². The van der Waals surface area contributed by atoms with E-state index in [0.29, 0.717) is 6.04 Å². The van der Waals surface area contributed by atoms with Gasteiger partial charge in [0.25, 0.3) is 0 Å². The van der Waals surface area contributed by atoms with E-state index in [0.717, 1.165) is 22.5 Å². The molecule has 0 bridgehead atoms. The van der Waals surface area contributed by atoms with Gasteiger partial charge in [-0.1, -0.05) is 0 Å². The van der Waals surface area contributed by atoms with Gasteiger partial charge in [0.1, 0.15) is 5.82 Å². The van der Waals surface area contributed by atoms with E-state index in [4.69, 9.17) is 0 Å². The summed E-state index contributed by atoms with van der Waals surface area (Å²) in [6, 6.07) is 0.513. The molecule has 108 valence electrons. The zero-order chi connectivity index (χ0) is 13.9. The number of aromatic nitrogens is 3. The molecule has 20 heavy (non-hydrogen) atoms. The van der Waals surface area contributed by atoms with Gasteiger partial charge in [-0.2, -0.15) is 11.8 Å². The van der Waals surface area contributed by atoms with E-state index in [-0.39, 0.29) is 0 Å². The number of imidazole rings is 1. The number of thioether (sulfide) groups is 1. The molecule has 0 unspecified atom stereocenters. The van der Waals surface area contributed by atoms with Crippen LogP contribution in [0.5, 0.6) is 0 Å². The monoisotopic (exact) mass is 291 g/mol. The highest BCUT2D eigenvalue weighted by Gasteiger charge is 2.21. The summed E-state index contributed by atoms with van der Waals surface area (Å²) in [5.74, 6) is 1.74. The number of fused-ring (bicyclic) bond motifs is 1. The van der Waals surface area contributed by atoms with Crippen LogP contribution in [0.4, 0.5) is 11.6 Å². The van der Waals surface area contributed by atoms with Crippen molar-refractivity contribution >= 4 is 29.0 Å². The molecule has 0 aromatic carbocycles. The summed E-state index contributed by atoms with van der Waals surface area (Å²) in [5.41, 5.74) is 0.899. The first-order valence-corrected chi connectivity index (χ1v) is 8.39. The SMILES string of the molecule is CNc1cn2ccnc2c(NC2CCC(SC)CC2)n1. The predicted molar refractivity (Wildman–Crippen MR) is 85.7 cm³/mol. The highest BCUT2D eigenvalue weighted by atomic mass is 32.2. The zero-order valence-electron chi connectivity index (χ0n) is 12.0. The average molecular weight is 291 g/mol. The smallest absolute Gasteiger partial charge is 0.180 e. The van der Waals surface area contributed by atoms with Crippen molar-refractivity contribution in [2.24, 2.45) is 0 Å². The maximum atomic E-state index is 4.61. The number of nitrogens with zero attached hydrogens (tertiary/aromatic N) is 3. The molecule has 1 saturated carbocycles. The van der Waals surface area contributed by atoms with Crippen LogP contribution >= 0.6 is 11.8 Å². The average Bonchev–Trinajstić information content (AvgIpc) is 2.96. The summed E-state index contributed by atoms with van der Waals surface area (Å²) in [4.78, 5) is 9.01. The van der Waals surface area contributed by atoms with Gasteiger partial charge in [0, 0.05) is 30.7 Å². The molecule has 0 radical (unpaired) electrons. The molecule has 1 fully saturated rings. The molecule has 0 saturated heterocycles. The lowest BCUT2D eigenvalue weighted by molar-refractivity contribution is 0.472. The molecule has 5 nitrogen and oxygen atoms in total. The van der Waals surface area contributed by atoms with E-state index >= 15 is 0 Å². The molecule has 2 aromatic rings. The van der Waals surface area contributed by atoms with E-state index in [9.17, 15) is 0 Å². The molecule has 1 aliphatic rings. The molecule has 1 aliphatic carbocycles. The topological polar surface area (TPSA) is 54.2 Å². The van der Waals surface area contributed by atoms with Crippen LogP contribution in [-0.2, 0) is 0 Å². The third-order valence-electron chi connectivity index (χ3n) is 3.98. The van der Waals surface area contributed by atoms with Crippen molar-refractivity contribution in [3.8, 4) is 0 Å². The highest BCUT2D eigenvalue weighted by molar-refractivity contribution is 7.99. The summed E-state index contributed by atoms with van der Waals surface area (Å²) >= 11 is 1.99. The van der Waals surface area contributed by atoms with Gasteiger partial charge >= 0.3 is 0 Å². The molecular weight excluding hydrogens is 270 g/mol. The Labute approximate surface area is 123 Å². The Bertz CT molecular complexity index is 574. The fourth-order valence-electron chi connectivity index (χ4n) is 2.79. The minimum Gasteiger partial charge on any atom is -0.372 e. The van der Waals surface area contributed by atoms with Crippen LogP contribution in [0, 0.1) is 0 Å². The quantitative estimate of drug-likeness (QED) is 0.907. The Morgan fingerprint density at radius 2 is 2.10 bits per heavy atom. The van der Waals surface area contributed by atoms with Crippen LogP contribution in [0.15, 0.2) is 18.6 Å². The summed E-state index contributed by atoms with van der Waals surface area (Å²) in [5, 5.41) is 7.52. The Hall–Kier alpha value is -1.43. The molecule has 2 heterocycles. The predicted octanol–water partition coefficient (Wildman–Crippen LogP) is 2.86. The molecule has 2 N–H and O–H groups in total. The van der Waals surface area contributed by atoms with Crippen LogP contribution in [0.25, 0.3) is 5.65 Å². The van der Waals surface area contributed by atoms with Gasteiger partial charge in [-0.15, -0.1) is 0 Å². The van der Waals surface area contributed by atoms with Crippen LogP contribution in [0.3, 0.4) is 0 Å². The largest absolute Gasteiger partial charge is 0.372 e. The standard InChI is InChI=1S/C14H21N5S/c1-15-12-9-19-8-7-16-14(19)13(18-12)17-10-3-5-11(20-2)6-4-10/h7-11,15H,3-6H2,1-2H3,(H,17,18). The van der Waals surface area contributed by atoms with Crippen molar-refractivity contribution < 1.29 is 0 Å². The maximum Gasteiger partial charge on any atom is 0.180 e. The first kappa shape index (κ1) is 13.5. The summed E-state index contributed by atoms with van der Waals surface area (Å²) in [7, 11) is 1.89. The normalized spacial score (nSPS) is 22.9. The lowest BCUT2D eigenvalue weighted by Crippen LogP contribution is -2.27. The molecule has 0 atom stereocenters. The lowest BCUT2D eigenvalue weighted by atomic mass is 9.95. The molecule has 0 amide bonds. The molecule has 3 rings (SSSR count). The van der Waals surface area contributed by atoms with E-state index in [2.05, 4.69) is 26.9 Å². The first-order chi connectivity index (χ1) is 9.80. The van der Waals surface area contributed by atoms with E-state index in [1.165, 1.54) is 25.7 Å². The second kappa shape index (κ2) is 5.91.